The highest BCUT2D eigenvalue weighted by Crippen LogP contribution is 2.35. The van der Waals surface area contributed by atoms with Crippen LogP contribution in [-0.4, -0.2) is 49.4 Å². The van der Waals surface area contributed by atoms with Gasteiger partial charge in [0.05, 0.1) is 44.0 Å². The first-order valence-electron chi connectivity index (χ1n) is 10.0. The minimum atomic E-state index is -0.312. The smallest absolute Gasteiger partial charge is 0.267 e. The number of halogens is 1. The van der Waals surface area contributed by atoms with Crippen molar-refractivity contribution in [3.63, 3.8) is 0 Å². The van der Waals surface area contributed by atoms with Gasteiger partial charge in [-0.1, -0.05) is 35.9 Å². The molecule has 0 saturated carbocycles. The predicted molar refractivity (Wildman–Crippen MR) is 115 cm³/mol. The summed E-state index contributed by atoms with van der Waals surface area (Å²) in [5, 5.41) is 0.533. The zero-order valence-electron chi connectivity index (χ0n) is 16.7. The molecule has 0 atom stereocenters. The molecule has 4 rings (SSSR count). The summed E-state index contributed by atoms with van der Waals surface area (Å²) in [6, 6.07) is 12.6. The molecule has 2 aromatic carbocycles. The van der Waals surface area contributed by atoms with Crippen molar-refractivity contribution in [2.24, 2.45) is 0 Å². The van der Waals surface area contributed by atoms with E-state index >= 15 is 0 Å². The largest absolute Gasteiger partial charge is 0.365 e. The van der Waals surface area contributed by atoms with Crippen molar-refractivity contribution < 1.29 is 14.5 Å². The van der Waals surface area contributed by atoms with Gasteiger partial charge in [-0.15, -0.1) is 0 Å². The van der Waals surface area contributed by atoms with Crippen LogP contribution in [0.25, 0.3) is 5.57 Å². The Morgan fingerprint density at radius 1 is 1.00 bits per heavy atom. The zero-order chi connectivity index (χ0) is 20.5. The number of hydrogen-bond acceptors (Lipinski definition) is 3. The molecule has 6 heteroatoms. The summed E-state index contributed by atoms with van der Waals surface area (Å²) in [7, 11) is 0. The highest BCUT2D eigenvalue weighted by atomic mass is 35.5. The van der Waals surface area contributed by atoms with E-state index in [-0.39, 0.29) is 11.8 Å². The van der Waals surface area contributed by atoms with Crippen molar-refractivity contribution >= 4 is 34.7 Å². The Morgan fingerprint density at radius 3 is 2.38 bits per heavy atom. The molecule has 1 N–H and O–H groups in total. The van der Waals surface area contributed by atoms with E-state index in [0.29, 0.717) is 27.4 Å². The lowest BCUT2D eigenvalue weighted by Crippen LogP contribution is -3.14. The molecule has 29 heavy (non-hydrogen) atoms. The van der Waals surface area contributed by atoms with Crippen LogP contribution >= 0.6 is 11.6 Å². The fourth-order valence-corrected chi connectivity index (χ4v) is 4.21. The zero-order valence-corrected chi connectivity index (χ0v) is 17.5. The van der Waals surface area contributed by atoms with Gasteiger partial charge in [-0.25, -0.2) is 4.90 Å². The second kappa shape index (κ2) is 8.01. The van der Waals surface area contributed by atoms with Crippen molar-refractivity contribution in [1.29, 1.82) is 0 Å². The highest BCUT2D eigenvalue weighted by Gasteiger charge is 2.37. The van der Waals surface area contributed by atoms with Gasteiger partial charge in [0, 0.05) is 22.3 Å². The van der Waals surface area contributed by atoms with E-state index in [1.54, 1.807) is 29.2 Å². The summed E-state index contributed by atoms with van der Waals surface area (Å²) in [5.74, 6) is -0.613. The van der Waals surface area contributed by atoms with Crippen LogP contribution in [0.5, 0.6) is 0 Å². The minimum Gasteiger partial charge on any atom is -0.365 e. The number of anilines is 1. The van der Waals surface area contributed by atoms with Gasteiger partial charge in [-0.3, -0.25) is 9.59 Å². The Labute approximate surface area is 176 Å². The van der Waals surface area contributed by atoms with E-state index in [9.17, 15) is 9.59 Å². The Bertz CT molecular complexity index is 993. The molecule has 0 bridgehead atoms. The molecule has 0 spiro atoms. The third-order valence-corrected chi connectivity index (χ3v) is 6.29. The molecule has 1 saturated heterocycles. The van der Waals surface area contributed by atoms with Crippen LogP contribution in [0.2, 0.25) is 5.02 Å². The summed E-state index contributed by atoms with van der Waals surface area (Å²) >= 11 is 6.27. The number of carbonyl (C=O) groups is 2. The van der Waals surface area contributed by atoms with Gasteiger partial charge in [0.1, 0.15) is 0 Å². The molecule has 2 aromatic rings. The summed E-state index contributed by atoms with van der Waals surface area (Å²) in [5.41, 5.74) is 3.04. The number of nitrogens with zero attached hydrogens (tertiary/aromatic N) is 2. The van der Waals surface area contributed by atoms with Crippen LogP contribution in [0, 0.1) is 6.92 Å². The fraction of sp³-hybridized carbons (Fsp3) is 0.304. The minimum absolute atomic E-state index is 0.302. The molecule has 150 valence electrons. The molecule has 2 aliphatic heterocycles. The van der Waals surface area contributed by atoms with Gasteiger partial charge in [-0.2, -0.15) is 0 Å². The average Bonchev–Trinajstić information content (AvgIpc) is 2.74. The van der Waals surface area contributed by atoms with Crippen LogP contribution in [0.15, 0.2) is 48.7 Å². The van der Waals surface area contributed by atoms with Gasteiger partial charge in [-0.05, 0) is 37.6 Å². The molecule has 0 aromatic heterocycles. The number of quaternary nitrogens is 1. The van der Waals surface area contributed by atoms with Gasteiger partial charge >= 0.3 is 0 Å². The van der Waals surface area contributed by atoms with Crippen LogP contribution in [0.4, 0.5) is 5.69 Å². The number of piperazine rings is 1. The molecule has 2 aliphatic rings. The topological polar surface area (TPSA) is 45.1 Å². The lowest BCUT2D eigenvalue weighted by molar-refractivity contribution is -0.902. The molecule has 2 amide bonds. The molecule has 2 heterocycles. The van der Waals surface area contributed by atoms with Crippen molar-refractivity contribution in [3.05, 3.63) is 70.4 Å². The molecular formula is C23H25ClN3O2+. The van der Waals surface area contributed by atoms with Crippen molar-refractivity contribution in [2.75, 3.05) is 37.6 Å². The Kier molecular flexibility index (Phi) is 5.43. The normalized spacial score (nSPS) is 19.1. The quantitative estimate of drug-likeness (QED) is 0.624. The maximum Gasteiger partial charge on any atom is 0.267 e. The summed E-state index contributed by atoms with van der Waals surface area (Å²) in [4.78, 5) is 31.8. The van der Waals surface area contributed by atoms with E-state index in [4.69, 9.17) is 11.6 Å². The summed E-state index contributed by atoms with van der Waals surface area (Å²) in [6.45, 7) is 9.02. The lowest BCUT2D eigenvalue weighted by atomic mass is 9.93. The molecule has 0 radical (unpaired) electrons. The van der Waals surface area contributed by atoms with E-state index in [2.05, 4.69) is 11.8 Å². The third-order valence-electron chi connectivity index (χ3n) is 5.88. The van der Waals surface area contributed by atoms with Crippen molar-refractivity contribution in [2.45, 2.75) is 13.8 Å². The maximum atomic E-state index is 13.5. The Hall–Kier alpha value is -2.63. The Morgan fingerprint density at radius 2 is 1.69 bits per heavy atom. The predicted octanol–water partition coefficient (Wildman–Crippen LogP) is 2.40. The highest BCUT2D eigenvalue weighted by molar-refractivity contribution is 6.41. The number of imide groups is 1. The first-order valence-corrected chi connectivity index (χ1v) is 10.4. The van der Waals surface area contributed by atoms with E-state index in [1.807, 2.05) is 31.3 Å². The number of fused-ring (bicyclic) bond motifs is 1. The van der Waals surface area contributed by atoms with E-state index in [0.717, 1.165) is 38.3 Å². The monoisotopic (exact) mass is 410 g/mol. The number of benzene rings is 2. The number of rotatable bonds is 3. The number of likely N-dealkylation sites (N-methyl/N-ethyl adjacent to an activating group) is 1. The molecular weight excluding hydrogens is 386 g/mol. The number of carbonyl (C=O) groups excluding carboxylic acids is 2. The molecule has 0 unspecified atom stereocenters. The first kappa shape index (κ1) is 19.7. The fourth-order valence-electron chi connectivity index (χ4n) is 4.04. The van der Waals surface area contributed by atoms with Crippen LogP contribution in [0.3, 0.4) is 0 Å². The Balaban J connectivity index is 1.78. The summed E-state index contributed by atoms with van der Waals surface area (Å²) in [6.07, 6.45) is 1.94. The van der Waals surface area contributed by atoms with E-state index < -0.39 is 0 Å². The average molecular weight is 411 g/mol. The SMILES string of the molecule is CC[NH+]1CCN(C=C2C(=O)N(c3cccc(Cl)c3C)C(=O)c3ccccc32)CC1. The van der Waals surface area contributed by atoms with Gasteiger partial charge in [0.25, 0.3) is 11.8 Å². The number of nitrogens with one attached hydrogen (secondary N) is 1. The third kappa shape index (κ3) is 3.56. The number of amides is 2. The van der Waals surface area contributed by atoms with Crippen molar-refractivity contribution in [1.82, 2.24) is 4.90 Å². The lowest BCUT2D eigenvalue weighted by Gasteiger charge is -2.33. The molecule has 0 aliphatic carbocycles. The molecule has 1 fully saturated rings. The second-order valence-electron chi connectivity index (χ2n) is 7.56. The first-order chi connectivity index (χ1) is 14.0. The van der Waals surface area contributed by atoms with E-state index in [1.165, 1.54) is 4.90 Å². The van der Waals surface area contributed by atoms with Gasteiger partial charge in [0.2, 0.25) is 0 Å². The van der Waals surface area contributed by atoms with Crippen LogP contribution in [0.1, 0.15) is 28.4 Å². The van der Waals surface area contributed by atoms with Crippen molar-refractivity contribution in [3.8, 4) is 0 Å². The van der Waals surface area contributed by atoms with Gasteiger partial charge < -0.3 is 9.80 Å². The standard InChI is InChI=1S/C23H24ClN3O2/c1-3-25-11-13-26(14-12-25)15-19-17-7-4-5-8-18(17)22(28)27(23(19)29)21-10-6-9-20(24)16(21)2/h4-10,15H,3,11-14H2,1-2H3/p+1. The summed E-state index contributed by atoms with van der Waals surface area (Å²) < 4.78 is 0. The van der Waals surface area contributed by atoms with Crippen LogP contribution in [-0.2, 0) is 4.79 Å². The second-order valence-corrected chi connectivity index (χ2v) is 7.96. The number of hydrogen-bond donors (Lipinski definition) is 1. The van der Waals surface area contributed by atoms with Gasteiger partial charge in [0.15, 0.2) is 0 Å². The molecule has 5 nitrogen and oxygen atoms in total. The maximum absolute atomic E-state index is 13.5. The van der Waals surface area contributed by atoms with Crippen LogP contribution < -0.4 is 9.80 Å².